The molecule has 0 aliphatic heterocycles. The molecule has 2 heterocycles. The van der Waals surface area contributed by atoms with Crippen LogP contribution in [0.3, 0.4) is 0 Å². The predicted molar refractivity (Wildman–Crippen MR) is 130 cm³/mol. The molecule has 2 atom stereocenters. The molecule has 2 unspecified atom stereocenters. The molecule has 0 bridgehead atoms. The highest BCUT2D eigenvalue weighted by Gasteiger charge is 2.31. The van der Waals surface area contributed by atoms with Gasteiger partial charge in [-0.3, -0.25) is 13.7 Å². The summed E-state index contributed by atoms with van der Waals surface area (Å²) < 4.78 is 29.0. The van der Waals surface area contributed by atoms with Crippen LogP contribution in [-0.2, 0) is 20.9 Å². The normalized spacial score (nSPS) is 13.2. The summed E-state index contributed by atoms with van der Waals surface area (Å²) in [5.41, 5.74) is 1.50. The Balaban J connectivity index is 1.63. The van der Waals surface area contributed by atoms with Crippen LogP contribution in [-0.4, -0.2) is 38.3 Å². The number of hydrogen-bond donors (Lipinski definition) is 2. The molecule has 4 aromatic rings. The molecule has 0 spiro atoms. The SMILES string of the molecule is CCN(C(=O)CCC(C(=O)O)N(c1ccc2oc3ccccc3c2c1)S(=O)O)c1cccs1. The summed E-state index contributed by atoms with van der Waals surface area (Å²) in [4.78, 5) is 26.5. The standard InChI is InChI=1S/C23H22N2O6S2/c1-2-24(22-8-5-13-32-22)21(26)12-10-18(23(27)28)25(33(29)30)15-9-11-20-17(14-15)16-6-3-4-7-19(16)31-20/h3-9,11,13-14,18H,2,10,12H2,1H3,(H,27,28)(H,29,30). The van der Waals surface area contributed by atoms with Crippen molar-refractivity contribution in [2.45, 2.75) is 25.8 Å². The quantitative estimate of drug-likeness (QED) is 0.326. The van der Waals surface area contributed by atoms with Gasteiger partial charge in [0.1, 0.15) is 17.2 Å². The molecular formula is C23H22N2O6S2. The summed E-state index contributed by atoms with van der Waals surface area (Å²) in [6.45, 7) is 2.28. The van der Waals surface area contributed by atoms with E-state index in [-0.39, 0.29) is 24.4 Å². The van der Waals surface area contributed by atoms with Crippen LogP contribution in [0.2, 0.25) is 0 Å². The van der Waals surface area contributed by atoms with E-state index in [0.29, 0.717) is 23.1 Å². The van der Waals surface area contributed by atoms with Crippen LogP contribution in [0.5, 0.6) is 0 Å². The largest absolute Gasteiger partial charge is 0.480 e. The number of carboxylic acids is 1. The van der Waals surface area contributed by atoms with E-state index in [9.17, 15) is 23.5 Å². The van der Waals surface area contributed by atoms with Gasteiger partial charge in [-0.1, -0.05) is 18.2 Å². The number of carbonyl (C=O) groups excluding carboxylic acids is 1. The van der Waals surface area contributed by atoms with Crippen molar-refractivity contribution in [3.05, 3.63) is 60.0 Å². The Labute approximate surface area is 196 Å². The summed E-state index contributed by atoms with van der Waals surface area (Å²) in [6.07, 6.45) is -0.222. The van der Waals surface area contributed by atoms with E-state index in [0.717, 1.165) is 14.7 Å². The zero-order chi connectivity index (χ0) is 23.5. The molecule has 0 aliphatic carbocycles. The summed E-state index contributed by atoms with van der Waals surface area (Å²) in [5.74, 6) is -1.53. The number of amides is 1. The number of thiophene rings is 1. The van der Waals surface area contributed by atoms with Crippen molar-refractivity contribution < 1.29 is 27.9 Å². The van der Waals surface area contributed by atoms with E-state index in [1.165, 1.54) is 11.3 Å². The first kappa shape index (κ1) is 23.0. The maximum Gasteiger partial charge on any atom is 0.327 e. The Kier molecular flexibility index (Phi) is 6.77. The van der Waals surface area contributed by atoms with E-state index in [1.54, 1.807) is 23.1 Å². The number of benzene rings is 2. The van der Waals surface area contributed by atoms with Crippen molar-refractivity contribution in [2.24, 2.45) is 0 Å². The summed E-state index contributed by atoms with van der Waals surface area (Å²) in [6, 6.07) is 14.5. The number of carboxylic acid groups (broad SMARTS) is 1. The van der Waals surface area contributed by atoms with Gasteiger partial charge in [0, 0.05) is 23.7 Å². The molecule has 172 valence electrons. The van der Waals surface area contributed by atoms with Crippen molar-refractivity contribution in [1.82, 2.24) is 0 Å². The average molecular weight is 487 g/mol. The molecule has 8 nitrogen and oxygen atoms in total. The molecule has 2 N–H and O–H groups in total. The Morgan fingerprint density at radius 2 is 1.85 bits per heavy atom. The van der Waals surface area contributed by atoms with Gasteiger partial charge < -0.3 is 14.4 Å². The zero-order valence-corrected chi connectivity index (χ0v) is 19.3. The van der Waals surface area contributed by atoms with Gasteiger partial charge in [0.05, 0.1) is 10.7 Å². The number of anilines is 2. The number of rotatable bonds is 9. The minimum atomic E-state index is -2.63. The summed E-state index contributed by atoms with van der Waals surface area (Å²) >= 11 is -1.21. The van der Waals surface area contributed by atoms with Crippen molar-refractivity contribution >= 4 is 67.1 Å². The number of hydrogen-bond acceptors (Lipinski definition) is 5. The van der Waals surface area contributed by atoms with Gasteiger partial charge in [-0.25, -0.2) is 9.00 Å². The minimum Gasteiger partial charge on any atom is -0.480 e. The van der Waals surface area contributed by atoms with E-state index in [4.69, 9.17) is 4.42 Å². The van der Waals surface area contributed by atoms with Gasteiger partial charge in [-0.15, -0.1) is 11.3 Å². The Morgan fingerprint density at radius 1 is 1.09 bits per heavy atom. The highest BCUT2D eigenvalue weighted by Crippen LogP contribution is 2.33. The maximum absolute atomic E-state index is 12.8. The number of carbonyl (C=O) groups is 2. The Morgan fingerprint density at radius 3 is 2.52 bits per heavy atom. The first-order valence-electron chi connectivity index (χ1n) is 10.3. The fraction of sp³-hybridized carbons (Fsp3) is 0.217. The molecule has 0 saturated carbocycles. The highest BCUT2D eigenvalue weighted by molar-refractivity contribution is 7.80. The molecule has 2 aromatic carbocycles. The van der Waals surface area contributed by atoms with Gasteiger partial charge >= 0.3 is 5.97 Å². The van der Waals surface area contributed by atoms with Crippen LogP contribution in [0.15, 0.2) is 64.4 Å². The lowest BCUT2D eigenvalue weighted by Gasteiger charge is -2.27. The number of nitrogens with zero attached hydrogens (tertiary/aromatic N) is 2. The summed E-state index contributed by atoms with van der Waals surface area (Å²) in [7, 11) is 0. The van der Waals surface area contributed by atoms with Crippen molar-refractivity contribution in [2.75, 3.05) is 15.7 Å². The topological polar surface area (TPSA) is 111 Å². The van der Waals surface area contributed by atoms with E-state index >= 15 is 0 Å². The Bertz CT molecular complexity index is 1320. The smallest absolute Gasteiger partial charge is 0.327 e. The average Bonchev–Trinajstić information content (AvgIpc) is 3.44. The molecule has 2 aromatic heterocycles. The predicted octanol–water partition coefficient (Wildman–Crippen LogP) is 4.88. The third-order valence-electron chi connectivity index (χ3n) is 5.37. The van der Waals surface area contributed by atoms with E-state index in [1.807, 2.05) is 48.7 Å². The van der Waals surface area contributed by atoms with Crippen LogP contribution in [0, 0.1) is 0 Å². The van der Waals surface area contributed by atoms with Crippen LogP contribution < -0.4 is 9.21 Å². The number of aliphatic carboxylic acids is 1. The fourth-order valence-electron chi connectivity index (χ4n) is 3.84. The van der Waals surface area contributed by atoms with Gasteiger partial charge in [0.25, 0.3) is 11.3 Å². The van der Waals surface area contributed by atoms with Crippen LogP contribution in [0.25, 0.3) is 21.9 Å². The van der Waals surface area contributed by atoms with Gasteiger partial charge in [0.15, 0.2) is 0 Å². The maximum atomic E-state index is 12.8. The molecule has 0 saturated heterocycles. The van der Waals surface area contributed by atoms with Crippen LogP contribution in [0.1, 0.15) is 19.8 Å². The highest BCUT2D eigenvalue weighted by atomic mass is 32.2. The third-order valence-corrected chi connectivity index (χ3v) is 7.07. The lowest BCUT2D eigenvalue weighted by Crippen LogP contribution is -2.43. The second-order valence-corrected chi connectivity index (χ2v) is 9.10. The van der Waals surface area contributed by atoms with E-state index in [2.05, 4.69) is 0 Å². The lowest BCUT2D eigenvalue weighted by molar-refractivity contribution is -0.138. The number of fused-ring (bicyclic) bond motifs is 3. The first-order chi connectivity index (χ1) is 15.9. The molecule has 0 radical (unpaired) electrons. The number of para-hydroxylation sites is 1. The third kappa shape index (κ3) is 4.63. The monoisotopic (exact) mass is 486 g/mol. The second-order valence-electron chi connectivity index (χ2n) is 7.32. The van der Waals surface area contributed by atoms with Crippen molar-refractivity contribution in [3.63, 3.8) is 0 Å². The fourth-order valence-corrected chi connectivity index (χ4v) is 5.36. The Hall–Kier alpha value is -3.21. The molecule has 4 rings (SSSR count). The lowest BCUT2D eigenvalue weighted by atomic mass is 10.1. The minimum absolute atomic E-state index is 0.0900. The first-order valence-corrected chi connectivity index (χ1v) is 12.2. The molecule has 1 amide bonds. The van der Waals surface area contributed by atoms with Gasteiger partial charge in [0.2, 0.25) is 5.91 Å². The molecular weight excluding hydrogens is 464 g/mol. The van der Waals surface area contributed by atoms with Gasteiger partial charge in [-0.05, 0) is 55.1 Å². The van der Waals surface area contributed by atoms with E-state index < -0.39 is 23.3 Å². The molecule has 10 heteroatoms. The number of furan rings is 1. The van der Waals surface area contributed by atoms with Gasteiger partial charge in [-0.2, -0.15) is 0 Å². The molecule has 0 aliphatic rings. The van der Waals surface area contributed by atoms with Crippen molar-refractivity contribution in [3.8, 4) is 0 Å². The van der Waals surface area contributed by atoms with Crippen LogP contribution >= 0.6 is 11.3 Å². The van der Waals surface area contributed by atoms with Crippen LogP contribution in [0.4, 0.5) is 10.7 Å². The molecule has 0 fully saturated rings. The molecule has 33 heavy (non-hydrogen) atoms. The summed E-state index contributed by atoms with van der Waals surface area (Å²) in [5, 5.41) is 14.0. The second kappa shape index (κ2) is 9.74. The van der Waals surface area contributed by atoms with Crippen molar-refractivity contribution in [1.29, 1.82) is 0 Å². The zero-order valence-electron chi connectivity index (χ0n) is 17.7.